The average molecular weight is 423 g/mol. The summed E-state index contributed by atoms with van der Waals surface area (Å²) in [4.78, 5) is 24.5. The fourth-order valence-corrected chi connectivity index (χ4v) is 3.86. The Hall–Kier alpha value is -3.22. The van der Waals surface area contributed by atoms with Crippen LogP contribution in [0.25, 0.3) is 11.0 Å². The van der Waals surface area contributed by atoms with E-state index in [1.54, 1.807) is 13.0 Å². The highest BCUT2D eigenvalue weighted by Gasteiger charge is 2.29. The number of aryl methyl sites for hydroxylation is 1. The molecule has 0 bridgehead atoms. The fraction of sp³-hybridized carbons (Fsp3) is 0.375. The molecule has 1 atom stereocenters. The van der Waals surface area contributed by atoms with Crippen molar-refractivity contribution in [2.24, 2.45) is 5.92 Å². The predicted octanol–water partition coefficient (Wildman–Crippen LogP) is 4.72. The summed E-state index contributed by atoms with van der Waals surface area (Å²) in [6, 6.07) is 12.1. The molecule has 0 saturated carbocycles. The number of hydrogen-bond donors (Lipinski definition) is 1. The minimum Gasteiger partial charge on any atom is -0.475 e. The number of nitrogens with one attached hydrogen (secondary N) is 1. The van der Waals surface area contributed by atoms with Crippen LogP contribution >= 0.6 is 0 Å². The van der Waals surface area contributed by atoms with Gasteiger partial charge < -0.3 is 15.0 Å². The lowest BCUT2D eigenvalue weighted by Gasteiger charge is -2.33. The zero-order chi connectivity index (χ0) is 21.8. The molecule has 162 valence electrons. The normalized spacial score (nSPS) is 16.4. The van der Waals surface area contributed by atoms with Gasteiger partial charge in [0.25, 0.3) is 5.88 Å². The smallest absolute Gasteiger partial charge is 0.258 e. The van der Waals surface area contributed by atoms with E-state index < -0.39 is 0 Å². The largest absolute Gasteiger partial charge is 0.475 e. The van der Waals surface area contributed by atoms with Crippen LogP contribution in [-0.4, -0.2) is 35.6 Å². The number of rotatable bonds is 6. The molecule has 3 aromatic rings. The molecule has 1 aromatic heterocycles. The Morgan fingerprint density at radius 1 is 1.23 bits per heavy atom. The summed E-state index contributed by atoms with van der Waals surface area (Å²) in [5.41, 5.74) is 2.93. The number of benzene rings is 2. The third-order valence-electron chi connectivity index (χ3n) is 5.50. The van der Waals surface area contributed by atoms with Crippen molar-refractivity contribution < 1.29 is 13.9 Å². The topological polar surface area (TPSA) is 67.4 Å². The first-order valence-corrected chi connectivity index (χ1v) is 10.8. The van der Waals surface area contributed by atoms with Crippen LogP contribution in [0, 0.1) is 18.7 Å². The SMILES string of the molecule is CCCOc1nc2ccccc2nc1N1CCC[C@H](C(=O)Nc2ccc(F)cc2C)C1. The summed E-state index contributed by atoms with van der Waals surface area (Å²) in [5.74, 6) is 0.613. The minimum absolute atomic E-state index is 0.0656. The zero-order valence-electron chi connectivity index (χ0n) is 17.9. The second kappa shape index (κ2) is 9.29. The molecule has 1 aliphatic rings. The number of piperidine rings is 1. The average Bonchev–Trinajstić information content (AvgIpc) is 2.79. The number of hydrogen-bond acceptors (Lipinski definition) is 5. The van der Waals surface area contributed by atoms with Gasteiger partial charge in [-0.3, -0.25) is 4.79 Å². The first kappa shape index (κ1) is 21.0. The summed E-state index contributed by atoms with van der Waals surface area (Å²) in [6.45, 7) is 5.71. The molecule has 7 heteroatoms. The first-order chi connectivity index (χ1) is 15.0. The Balaban J connectivity index is 1.56. The highest BCUT2D eigenvalue weighted by Crippen LogP contribution is 2.31. The molecule has 0 aliphatic carbocycles. The monoisotopic (exact) mass is 422 g/mol. The number of anilines is 2. The van der Waals surface area contributed by atoms with Crippen LogP contribution < -0.4 is 15.0 Å². The molecule has 0 radical (unpaired) electrons. The Morgan fingerprint density at radius 2 is 2.00 bits per heavy atom. The van der Waals surface area contributed by atoms with Gasteiger partial charge in [0, 0.05) is 18.8 Å². The number of para-hydroxylation sites is 2. The molecule has 6 nitrogen and oxygen atoms in total. The van der Waals surface area contributed by atoms with Crippen LogP contribution in [0.1, 0.15) is 31.7 Å². The van der Waals surface area contributed by atoms with Crippen molar-refractivity contribution in [1.29, 1.82) is 0 Å². The van der Waals surface area contributed by atoms with Crippen molar-refractivity contribution in [2.45, 2.75) is 33.1 Å². The maximum Gasteiger partial charge on any atom is 0.258 e. The maximum atomic E-state index is 13.4. The molecule has 4 rings (SSSR count). The van der Waals surface area contributed by atoms with Gasteiger partial charge in [-0.2, -0.15) is 0 Å². The van der Waals surface area contributed by atoms with Gasteiger partial charge in [-0.25, -0.2) is 14.4 Å². The van der Waals surface area contributed by atoms with E-state index in [1.165, 1.54) is 12.1 Å². The number of aromatic nitrogens is 2. The van der Waals surface area contributed by atoms with Crippen LogP contribution in [-0.2, 0) is 4.79 Å². The third kappa shape index (κ3) is 4.76. The van der Waals surface area contributed by atoms with Crippen LogP contribution in [0.5, 0.6) is 5.88 Å². The molecule has 1 N–H and O–H groups in total. The number of ether oxygens (including phenoxy) is 1. The van der Waals surface area contributed by atoms with Crippen LogP contribution in [0.15, 0.2) is 42.5 Å². The third-order valence-corrected chi connectivity index (χ3v) is 5.50. The van der Waals surface area contributed by atoms with Gasteiger partial charge in [0.1, 0.15) is 5.82 Å². The first-order valence-electron chi connectivity index (χ1n) is 10.8. The van der Waals surface area contributed by atoms with Gasteiger partial charge in [-0.15, -0.1) is 0 Å². The maximum absolute atomic E-state index is 13.4. The van der Waals surface area contributed by atoms with Crippen LogP contribution in [0.3, 0.4) is 0 Å². The molecule has 0 unspecified atom stereocenters. The van der Waals surface area contributed by atoms with E-state index in [9.17, 15) is 9.18 Å². The summed E-state index contributed by atoms with van der Waals surface area (Å²) >= 11 is 0. The van der Waals surface area contributed by atoms with E-state index in [-0.39, 0.29) is 17.6 Å². The lowest BCUT2D eigenvalue weighted by molar-refractivity contribution is -0.120. The Kier molecular flexibility index (Phi) is 6.30. The zero-order valence-corrected chi connectivity index (χ0v) is 17.9. The Morgan fingerprint density at radius 3 is 2.74 bits per heavy atom. The molecule has 2 heterocycles. The second-order valence-corrected chi connectivity index (χ2v) is 7.92. The van der Waals surface area contributed by atoms with Crippen molar-refractivity contribution in [3.05, 3.63) is 53.8 Å². The quantitative estimate of drug-likeness (QED) is 0.623. The van der Waals surface area contributed by atoms with Crippen LogP contribution in [0.4, 0.5) is 15.9 Å². The molecule has 1 fully saturated rings. The highest BCUT2D eigenvalue weighted by atomic mass is 19.1. The number of carbonyl (C=O) groups is 1. The number of amides is 1. The summed E-state index contributed by atoms with van der Waals surface area (Å²) in [5, 5.41) is 2.96. The van der Waals surface area contributed by atoms with E-state index in [0.29, 0.717) is 36.1 Å². The Labute approximate surface area is 181 Å². The molecule has 1 amide bonds. The van der Waals surface area contributed by atoms with Gasteiger partial charge in [0.05, 0.1) is 23.6 Å². The van der Waals surface area contributed by atoms with Gasteiger partial charge in [-0.05, 0) is 62.1 Å². The van der Waals surface area contributed by atoms with Crippen molar-refractivity contribution in [1.82, 2.24) is 9.97 Å². The number of nitrogens with zero attached hydrogens (tertiary/aromatic N) is 3. The van der Waals surface area contributed by atoms with Gasteiger partial charge in [0.15, 0.2) is 5.82 Å². The summed E-state index contributed by atoms with van der Waals surface area (Å²) in [7, 11) is 0. The summed E-state index contributed by atoms with van der Waals surface area (Å²) in [6.07, 6.45) is 2.52. The van der Waals surface area contributed by atoms with Crippen molar-refractivity contribution in [2.75, 3.05) is 29.9 Å². The molecular formula is C24H27FN4O2. The number of fused-ring (bicyclic) bond motifs is 1. The predicted molar refractivity (Wildman–Crippen MR) is 120 cm³/mol. The molecule has 1 saturated heterocycles. The summed E-state index contributed by atoms with van der Waals surface area (Å²) < 4.78 is 19.3. The van der Waals surface area contributed by atoms with Gasteiger partial charge >= 0.3 is 0 Å². The molecular weight excluding hydrogens is 395 g/mol. The van der Waals surface area contributed by atoms with Crippen LogP contribution in [0.2, 0.25) is 0 Å². The van der Waals surface area contributed by atoms with Gasteiger partial charge in [-0.1, -0.05) is 19.1 Å². The van der Waals surface area contributed by atoms with E-state index in [2.05, 4.69) is 15.2 Å². The van der Waals surface area contributed by atoms with E-state index >= 15 is 0 Å². The molecule has 31 heavy (non-hydrogen) atoms. The lowest BCUT2D eigenvalue weighted by atomic mass is 9.97. The molecule has 2 aromatic carbocycles. The van der Waals surface area contributed by atoms with E-state index in [1.807, 2.05) is 31.2 Å². The lowest BCUT2D eigenvalue weighted by Crippen LogP contribution is -2.41. The second-order valence-electron chi connectivity index (χ2n) is 7.92. The fourth-order valence-electron chi connectivity index (χ4n) is 3.86. The van der Waals surface area contributed by atoms with Gasteiger partial charge in [0.2, 0.25) is 5.91 Å². The number of carbonyl (C=O) groups excluding carboxylic acids is 1. The van der Waals surface area contributed by atoms with Crippen molar-refractivity contribution in [3.63, 3.8) is 0 Å². The number of halogens is 1. The molecule has 1 aliphatic heterocycles. The standard InChI is InChI=1S/C24H27FN4O2/c1-3-13-31-24-22(26-20-8-4-5-9-21(20)28-24)29-12-6-7-17(15-29)23(30)27-19-11-10-18(25)14-16(19)2/h4-5,8-11,14,17H,3,6-7,12-13,15H2,1-2H3,(H,27,30)/t17-/m0/s1. The van der Waals surface area contributed by atoms with Crippen molar-refractivity contribution >= 4 is 28.4 Å². The highest BCUT2D eigenvalue weighted by molar-refractivity contribution is 5.93. The van der Waals surface area contributed by atoms with Crippen molar-refractivity contribution in [3.8, 4) is 5.88 Å². The molecule has 0 spiro atoms. The van der Waals surface area contributed by atoms with E-state index in [0.717, 1.165) is 36.8 Å². The minimum atomic E-state index is -0.311. The Bertz CT molecular complexity index is 1090. The van der Waals surface area contributed by atoms with E-state index in [4.69, 9.17) is 9.72 Å².